The quantitative estimate of drug-likeness (QED) is 0.484. The average Bonchev–Trinajstić information content (AvgIpc) is 3.17. The predicted octanol–water partition coefficient (Wildman–Crippen LogP) is 4.81. The number of carbonyl (C=O) groups is 2. The zero-order chi connectivity index (χ0) is 19.3. The summed E-state index contributed by atoms with van der Waals surface area (Å²) in [5, 5.41) is 8.25. The molecule has 142 valence electrons. The fourth-order valence-electron chi connectivity index (χ4n) is 3.29. The third kappa shape index (κ3) is 6.58. The van der Waals surface area contributed by atoms with E-state index in [9.17, 15) is 9.59 Å². The standard InChI is InChI=1S/C15H22.C6H10O4.Rf/c1-12-10-15(12,11-14(2,3)4)13-8-6-5-7-9-13;1-3-5(7)10-4(2)6(8)9;/h5-9,12H,10-11H2,1-4H3;4H,3H2,1-2H3,(H,8,9);. The summed E-state index contributed by atoms with van der Waals surface area (Å²) < 4.78 is 4.42. The van der Waals surface area contributed by atoms with Crippen LogP contribution in [0.4, 0.5) is 0 Å². The molecule has 0 radical (unpaired) electrons. The number of benzene rings is 1. The van der Waals surface area contributed by atoms with Gasteiger partial charge >= 0.3 is 11.9 Å². The van der Waals surface area contributed by atoms with E-state index in [4.69, 9.17) is 5.11 Å². The van der Waals surface area contributed by atoms with Crippen molar-refractivity contribution in [1.29, 1.82) is 0 Å². The number of carboxylic acids is 1. The molecule has 0 heterocycles. The van der Waals surface area contributed by atoms with E-state index in [0.717, 1.165) is 5.92 Å². The van der Waals surface area contributed by atoms with E-state index in [2.05, 4.69) is 62.8 Å². The zero-order valence-electron chi connectivity index (χ0n) is 17.0. The van der Waals surface area contributed by atoms with Crippen LogP contribution in [0.1, 0.15) is 66.4 Å². The van der Waals surface area contributed by atoms with E-state index in [-0.39, 0.29) is 6.42 Å². The molecular weight excluding hydrogens is 583 g/mol. The van der Waals surface area contributed by atoms with Crippen LogP contribution >= 0.6 is 0 Å². The third-order valence-corrected chi connectivity index (χ3v) is 4.59. The minimum atomic E-state index is -1.12. The maximum absolute atomic E-state index is 10.4. The van der Waals surface area contributed by atoms with Crippen LogP contribution in [-0.2, 0) is 19.7 Å². The second-order valence-corrected chi connectivity index (χ2v) is 8.19. The molecule has 0 bridgehead atoms. The summed E-state index contributed by atoms with van der Waals surface area (Å²) in [6.45, 7) is 12.4. The Labute approximate surface area is 151 Å². The van der Waals surface area contributed by atoms with Crippen molar-refractivity contribution in [2.45, 2.75) is 72.3 Å². The van der Waals surface area contributed by atoms with Crippen LogP contribution in [0.2, 0.25) is 0 Å². The van der Waals surface area contributed by atoms with Gasteiger partial charge in [0.15, 0.2) is 6.10 Å². The van der Waals surface area contributed by atoms with Crippen LogP contribution in [-0.4, -0.2) is 23.1 Å². The fraction of sp³-hybridized carbons (Fsp3) is 0.619. The SMILES string of the molecule is CC1CC1(CC(C)(C)C)c1ccccc1.CCC(=O)OC(C)C(=O)O.[Rf]. The van der Waals surface area contributed by atoms with Crippen molar-refractivity contribution in [3.63, 3.8) is 0 Å². The number of hydrogen-bond acceptors (Lipinski definition) is 3. The van der Waals surface area contributed by atoms with Gasteiger partial charge in [-0.15, -0.1) is 0 Å². The second-order valence-electron chi connectivity index (χ2n) is 8.19. The van der Waals surface area contributed by atoms with Crippen molar-refractivity contribution in [3.05, 3.63) is 35.9 Å². The van der Waals surface area contributed by atoms with E-state index in [1.165, 1.54) is 19.8 Å². The molecule has 1 N–H and O–H groups in total. The van der Waals surface area contributed by atoms with Crippen molar-refractivity contribution in [1.82, 2.24) is 0 Å². The first-order valence-corrected chi connectivity index (χ1v) is 8.99. The summed E-state index contributed by atoms with van der Waals surface area (Å²) in [6.07, 6.45) is 1.85. The number of carboxylic acid groups (broad SMARTS) is 1. The Morgan fingerprint density at radius 2 is 1.77 bits per heavy atom. The number of rotatable bonds is 5. The van der Waals surface area contributed by atoms with Gasteiger partial charge in [0.25, 0.3) is 0 Å². The van der Waals surface area contributed by atoms with Crippen LogP contribution in [0.15, 0.2) is 30.3 Å². The smallest absolute Gasteiger partial charge is 0.344 e. The van der Waals surface area contributed by atoms with Gasteiger partial charge in [-0.3, -0.25) is 4.79 Å². The van der Waals surface area contributed by atoms with Gasteiger partial charge in [0.05, 0.1) is 0 Å². The van der Waals surface area contributed by atoms with E-state index < -0.39 is 18.0 Å². The molecule has 2 rings (SSSR count). The van der Waals surface area contributed by atoms with Crippen molar-refractivity contribution < 1.29 is 19.4 Å². The molecule has 26 heavy (non-hydrogen) atoms. The van der Waals surface area contributed by atoms with E-state index >= 15 is 0 Å². The molecule has 1 aliphatic rings. The largest absolute Gasteiger partial charge is 0.479 e. The summed E-state index contributed by atoms with van der Waals surface area (Å²) in [4.78, 5) is 20.5. The Morgan fingerprint density at radius 3 is 2.12 bits per heavy atom. The van der Waals surface area contributed by atoms with Gasteiger partial charge in [-0.2, -0.15) is 0 Å². The molecule has 3 unspecified atom stereocenters. The summed E-state index contributed by atoms with van der Waals surface area (Å²) >= 11 is 0. The third-order valence-electron chi connectivity index (χ3n) is 4.59. The van der Waals surface area contributed by atoms with Gasteiger partial charge in [-0.1, -0.05) is 65.0 Å². The predicted molar refractivity (Wildman–Crippen MR) is 99.5 cm³/mol. The summed E-state index contributed by atoms with van der Waals surface area (Å²) in [7, 11) is 0. The maximum atomic E-state index is 10.4. The molecule has 1 aliphatic carbocycles. The minimum Gasteiger partial charge on any atom is -0.479 e. The van der Waals surface area contributed by atoms with Crippen LogP contribution < -0.4 is 0 Å². The van der Waals surface area contributed by atoms with Gasteiger partial charge in [0.1, 0.15) is 0 Å². The molecule has 1 fully saturated rings. The molecule has 1 aromatic rings. The topological polar surface area (TPSA) is 63.6 Å². The van der Waals surface area contributed by atoms with Crippen molar-refractivity contribution in [2.24, 2.45) is 11.3 Å². The summed E-state index contributed by atoms with van der Waals surface area (Å²) in [5.74, 6) is -0.754. The Kier molecular flexibility index (Phi) is 8.04. The van der Waals surface area contributed by atoms with Gasteiger partial charge < -0.3 is 9.84 Å². The molecule has 0 saturated heterocycles. The van der Waals surface area contributed by atoms with Crippen LogP contribution in [0.5, 0.6) is 0 Å². The van der Waals surface area contributed by atoms with Gasteiger partial charge in [0.2, 0.25) is 0 Å². The van der Waals surface area contributed by atoms with E-state index in [1.807, 2.05) is 0 Å². The van der Waals surface area contributed by atoms with Gasteiger partial charge in [-0.05, 0) is 42.1 Å². The van der Waals surface area contributed by atoms with Crippen molar-refractivity contribution in [2.75, 3.05) is 0 Å². The van der Waals surface area contributed by atoms with Gasteiger partial charge in [0, 0.05) is 6.42 Å². The normalized spacial score (nSPS) is 22.2. The summed E-state index contributed by atoms with van der Waals surface area (Å²) in [6, 6.07) is 11.1. The Bertz CT molecular complexity index is 579. The van der Waals surface area contributed by atoms with Crippen LogP contribution in [0.3, 0.4) is 0 Å². The molecule has 0 spiro atoms. The molecule has 1 saturated carbocycles. The summed E-state index contributed by atoms with van der Waals surface area (Å²) in [5.41, 5.74) is 2.47. The fourth-order valence-corrected chi connectivity index (χ4v) is 3.29. The number of hydrogen-bond donors (Lipinski definition) is 1. The van der Waals surface area contributed by atoms with Gasteiger partial charge in [-0.25, -0.2) is 4.79 Å². The first kappa shape index (κ1) is 23.2. The molecular formula is C21H32O4Rf. The molecule has 0 aromatic heterocycles. The van der Waals surface area contributed by atoms with E-state index in [0.29, 0.717) is 10.8 Å². The van der Waals surface area contributed by atoms with Crippen LogP contribution in [0.25, 0.3) is 0 Å². The molecule has 4 nitrogen and oxygen atoms in total. The Hall–Kier alpha value is -2.84. The first-order valence-electron chi connectivity index (χ1n) is 8.99. The molecule has 1 aromatic carbocycles. The van der Waals surface area contributed by atoms with Crippen molar-refractivity contribution >= 4 is 11.9 Å². The Balaban J connectivity index is 0.000000504. The number of aliphatic carboxylic acids is 1. The number of ether oxygens (including phenoxy) is 1. The molecule has 0 aliphatic heterocycles. The minimum absolute atomic E-state index is 0. The molecule has 3 atom stereocenters. The number of carbonyl (C=O) groups excluding carboxylic acids is 1. The monoisotopic (exact) mass is 615 g/mol. The van der Waals surface area contributed by atoms with E-state index in [1.54, 1.807) is 12.5 Å². The average molecular weight is 615 g/mol. The van der Waals surface area contributed by atoms with Crippen molar-refractivity contribution in [3.8, 4) is 0 Å². The number of esters is 1. The molecule has 0 amide bonds. The second kappa shape index (κ2) is 9.02. The molecule has 5 heteroatoms. The Morgan fingerprint density at radius 1 is 1.27 bits per heavy atom. The van der Waals surface area contributed by atoms with Crippen LogP contribution in [0, 0.1) is 11.3 Å². The zero-order valence-corrected chi connectivity index (χ0v) is 23.4. The first-order chi connectivity index (χ1) is 11.5. The maximum Gasteiger partial charge on any atom is 0.344 e.